The van der Waals surface area contributed by atoms with Gasteiger partial charge in [-0.05, 0) is 0 Å². The van der Waals surface area contributed by atoms with E-state index in [4.69, 9.17) is 0 Å². The summed E-state index contributed by atoms with van der Waals surface area (Å²) in [5, 5.41) is 0.193. The molecular weight excluding hydrogens is 286 g/mol. The fourth-order valence-corrected chi connectivity index (χ4v) is 3.73. The van der Waals surface area contributed by atoms with Gasteiger partial charge in [0.05, 0.1) is 0 Å². The summed E-state index contributed by atoms with van der Waals surface area (Å²) in [5.74, 6) is 0.126. The molecular formula is C12H7FN2OSe. The van der Waals surface area contributed by atoms with Gasteiger partial charge in [-0.15, -0.1) is 0 Å². The number of rotatable bonds is 1. The summed E-state index contributed by atoms with van der Waals surface area (Å²) in [5.41, 5.74) is -0.295. The summed E-state index contributed by atoms with van der Waals surface area (Å²) in [6, 6.07) is 10.1. The van der Waals surface area contributed by atoms with E-state index in [0.717, 1.165) is 4.26 Å². The third-order valence-corrected chi connectivity index (χ3v) is 4.67. The molecule has 84 valence electrons. The number of benzene rings is 1. The molecule has 0 amide bonds. The number of halogens is 1. The molecule has 0 aliphatic carbocycles. The van der Waals surface area contributed by atoms with E-state index in [0.29, 0.717) is 5.82 Å². The fraction of sp³-hybridized carbons (Fsp3) is 0. The van der Waals surface area contributed by atoms with Crippen LogP contribution >= 0.6 is 0 Å². The van der Waals surface area contributed by atoms with Crippen LogP contribution in [0.2, 0.25) is 0 Å². The number of hydrogen-bond donors (Lipinski definition) is 0. The van der Waals surface area contributed by atoms with E-state index in [-0.39, 0.29) is 25.7 Å². The van der Waals surface area contributed by atoms with E-state index >= 15 is 0 Å². The first-order chi connectivity index (χ1) is 8.27. The van der Waals surface area contributed by atoms with Crippen molar-refractivity contribution in [1.82, 2.24) is 8.55 Å². The van der Waals surface area contributed by atoms with Crippen molar-refractivity contribution in [3.8, 4) is 5.82 Å². The zero-order valence-electron chi connectivity index (χ0n) is 8.63. The molecule has 0 radical (unpaired) electrons. The molecule has 17 heavy (non-hydrogen) atoms. The predicted molar refractivity (Wildman–Crippen MR) is 64.2 cm³/mol. The molecule has 0 fully saturated rings. The minimum absolute atomic E-state index is 0.193. The molecule has 3 aromatic rings. The monoisotopic (exact) mass is 294 g/mol. The third-order valence-electron chi connectivity index (χ3n) is 2.42. The molecule has 0 aliphatic rings. The van der Waals surface area contributed by atoms with Crippen LogP contribution in [0.5, 0.6) is 0 Å². The van der Waals surface area contributed by atoms with Gasteiger partial charge < -0.3 is 0 Å². The van der Waals surface area contributed by atoms with E-state index in [1.54, 1.807) is 34.0 Å². The van der Waals surface area contributed by atoms with E-state index < -0.39 is 5.82 Å². The van der Waals surface area contributed by atoms with Gasteiger partial charge >= 0.3 is 102 Å². The van der Waals surface area contributed by atoms with Gasteiger partial charge in [0, 0.05) is 0 Å². The summed E-state index contributed by atoms with van der Waals surface area (Å²) in [4.78, 5) is 16.2. The van der Waals surface area contributed by atoms with E-state index in [1.165, 1.54) is 6.07 Å². The number of aromatic nitrogens is 2. The first kappa shape index (κ1) is 10.4. The molecule has 2 heterocycles. The molecule has 0 saturated heterocycles. The second kappa shape index (κ2) is 3.95. The Morgan fingerprint density at radius 3 is 2.76 bits per heavy atom. The van der Waals surface area contributed by atoms with Crippen LogP contribution in [0.3, 0.4) is 0 Å². The van der Waals surface area contributed by atoms with E-state index in [9.17, 15) is 9.18 Å². The van der Waals surface area contributed by atoms with Crippen LogP contribution in [-0.4, -0.2) is 23.3 Å². The van der Waals surface area contributed by atoms with Crippen LogP contribution in [-0.2, 0) is 0 Å². The van der Waals surface area contributed by atoms with Crippen LogP contribution in [0.1, 0.15) is 0 Å². The Bertz CT molecular complexity index is 733. The van der Waals surface area contributed by atoms with Gasteiger partial charge in [-0.25, -0.2) is 0 Å². The van der Waals surface area contributed by atoms with Gasteiger partial charge in [0.15, 0.2) is 0 Å². The Balaban J connectivity index is 2.37. The number of nitrogens with zero attached hydrogens (tertiary/aromatic N) is 2. The van der Waals surface area contributed by atoms with Gasteiger partial charge in [-0.2, -0.15) is 0 Å². The summed E-state index contributed by atoms with van der Waals surface area (Å²) < 4.78 is 15.9. The van der Waals surface area contributed by atoms with Crippen molar-refractivity contribution in [1.29, 1.82) is 0 Å². The van der Waals surface area contributed by atoms with Crippen LogP contribution in [0.15, 0.2) is 47.4 Å². The molecule has 0 bridgehead atoms. The summed E-state index contributed by atoms with van der Waals surface area (Å²) in [6.07, 6.45) is 1.62. The van der Waals surface area contributed by atoms with Crippen molar-refractivity contribution in [3.63, 3.8) is 0 Å². The molecule has 0 spiro atoms. The average molecular weight is 293 g/mol. The third kappa shape index (κ3) is 1.64. The van der Waals surface area contributed by atoms with Crippen molar-refractivity contribution in [2.24, 2.45) is 0 Å². The average Bonchev–Trinajstić information content (AvgIpc) is 2.69. The number of fused-ring (bicyclic) bond motifs is 1. The molecule has 2 aromatic heterocycles. The normalized spacial score (nSPS) is 10.9. The van der Waals surface area contributed by atoms with Crippen LogP contribution in [0.25, 0.3) is 15.5 Å². The number of pyridine rings is 1. The Morgan fingerprint density at radius 2 is 2.06 bits per heavy atom. The second-order valence-electron chi connectivity index (χ2n) is 3.49. The standard InChI is InChI=1S/C12H7FN2OSe/c13-8-4-3-5-9-11(8)12(16)15(17-9)10-6-1-2-7-14-10/h1-7H. The number of hydrogen-bond acceptors (Lipinski definition) is 2. The quantitative estimate of drug-likeness (QED) is 0.639. The van der Waals surface area contributed by atoms with Gasteiger partial charge in [-0.1, -0.05) is 0 Å². The summed E-state index contributed by atoms with van der Waals surface area (Å²) in [6.45, 7) is 0. The first-order valence-corrected chi connectivity index (χ1v) is 6.61. The van der Waals surface area contributed by atoms with Crippen LogP contribution in [0.4, 0.5) is 4.39 Å². The molecule has 0 aliphatic heterocycles. The minimum atomic E-state index is -0.451. The first-order valence-electron chi connectivity index (χ1n) is 4.99. The van der Waals surface area contributed by atoms with Crippen molar-refractivity contribution >= 4 is 24.4 Å². The fourth-order valence-electron chi connectivity index (χ4n) is 1.65. The van der Waals surface area contributed by atoms with Crippen LogP contribution < -0.4 is 5.56 Å². The van der Waals surface area contributed by atoms with Gasteiger partial charge in [-0.3, -0.25) is 0 Å². The maximum absolute atomic E-state index is 13.6. The zero-order chi connectivity index (χ0) is 11.8. The summed E-state index contributed by atoms with van der Waals surface area (Å²) in [7, 11) is 0. The Morgan fingerprint density at radius 1 is 1.18 bits per heavy atom. The molecule has 5 heteroatoms. The van der Waals surface area contributed by atoms with Crippen LogP contribution in [0, 0.1) is 5.82 Å². The van der Waals surface area contributed by atoms with Crippen molar-refractivity contribution in [3.05, 3.63) is 58.8 Å². The predicted octanol–water partition coefficient (Wildman–Crippen LogP) is 1.58. The van der Waals surface area contributed by atoms with Gasteiger partial charge in [0.25, 0.3) is 0 Å². The SMILES string of the molecule is O=c1c2c(F)cccc2[se]n1-c1ccccn1. The van der Waals surface area contributed by atoms with Crippen molar-refractivity contribution in [2.45, 2.75) is 0 Å². The van der Waals surface area contributed by atoms with Crippen molar-refractivity contribution in [2.75, 3.05) is 0 Å². The Hall–Kier alpha value is -1.71. The zero-order valence-corrected chi connectivity index (χ0v) is 10.3. The molecule has 3 nitrogen and oxygen atoms in total. The second-order valence-corrected chi connectivity index (χ2v) is 5.56. The maximum atomic E-state index is 13.6. The Labute approximate surface area is 102 Å². The topological polar surface area (TPSA) is 34.9 Å². The van der Waals surface area contributed by atoms with E-state index in [2.05, 4.69) is 4.98 Å². The van der Waals surface area contributed by atoms with E-state index in [1.807, 2.05) is 6.07 Å². The molecule has 0 N–H and O–H groups in total. The molecule has 0 atom stereocenters. The van der Waals surface area contributed by atoms with Gasteiger partial charge in [0.1, 0.15) is 0 Å². The summed E-state index contributed by atoms with van der Waals surface area (Å²) >= 11 is -0.233. The molecule has 0 saturated carbocycles. The molecule has 0 unspecified atom stereocenters. The van der Waals surface area contributed by atoms with Gasteiger partial charge in [0.2, 0.25) is 0 Å². The Kier molecular flexibility index (Phi) is 2.42. The molecule has 1 aromatic carbocycles. The molecule has 3 rings (SSSR count). The van der Waals surface area contributed by atoms with Crippen molar-refractivity contribution < 1.29 is 4.39 Å².